The Balaban J connectivity index is 1.65. The second-order valence-corrected chi connectivity index (χ2v) is 6.55. The van der Waals surface area contributed by atoms with Crippen molar-refractivity contribution >= 4 is 12.0 Å². The summed E-state index contributed by atoms with van der Waals surface area (Å²) in [5.41, 5.74) is 0. The van der Waals surface area contributed by atoms with E-state index in [1.54, 1.807) is 4.90 Å². The molecule has 0 aromatic heterocycles. The van der Waals surface area contributed by atoms with Gasteiger partial charge in [0.25, 0.3) is 0 Å². The van der Waals surface area contributed by atoms with Crippen LogP contribution in [0.25, 0.3) is 0 Å². The smallest absolute Gasteiger partial charge is 0.409 e. The second kappa shape index (κ2) is 6.86. The Bertz CT molecular complexity index is 426. The molecule has 3 fully saturated rings. The van der Waals surface area contributed by atoms with Crippen LogP contribution in [0.5, 0.6) is 0 Å². The number of methoxy groups -OCH3 is 1. The monoisotopic (exact) mass is 310 g/mol. The first-order valence-electron chi connectivity index (χ1n) is 8.45. The number of carbonyl (C=O) groups is 2. The van der Waals surface area contributed by atoms with E-state index < -0.39 is 0 Å². The molecule has 0 unspecified atom stereocenters. The van der Waals surface area contributed by atoms with E-state index in [1.807, 2.05) is 4.90 Å². The quantitative estimate of drug-likeness (QED) is 0.739. The molecule has 6 heteroatoms. The van der Waals surface area contributed by atoms with Crippen LogP contribution in [0.3, 0.4) is 0 Å². The van der Waals surface area contributed by atoms with Crippen LogP contribution in [0, 0.1) is 5.92 Å². The van der Waals surface area contributed by atoms with Gasteiger partial charge in [0.05, 0.1) is 31.8 Å². The minimum atomic E-state index is -0.324. The van der Waals surface area contributed by atoms with Crippen molar-refractivity contribution in [1.29, 1.82) is 0 Å². The molecule has 2 amide bonds. The van der Waals surface area contributed by atoms with Gasteiger partial charge in [0.1, 0.15) is 0 Å². The first kappa shape index (κ1) is 15.6. The predicted molar refractivity (Wildman–Crippen MR) is 80.4 cm³/mol. The number of nitrogens with zero attached hydrogens (tertiary/aromatic N) is 2. The molecule has 0 spiro atoms. The van der Waals surface area contributed by atoms with Gasteiger partial charge in [-0.1, -0.05) is 12.8 Å². The van der Waals surface area contributed by atoms with Gasteiger partial charge in [-0.25, -0.2) is 4.79 Å². The molecule has 2 saturated heterocycles. The minimum absolute atomic E-state index is 0.0893. The van der Waals surface area contributed by atoms with Crippen molar-refractivity contribution in [3.63, 3.8) is 0 Å². The van der Waals surface area contributed by atoms with Crippen molar-refractivity contribution in [2.45, 2.75) is 50.7 Å². The van der Waals surface area contributed by atoms with E-state index in [1.165, 1.54) is 20.0 Å². The third-order valence-electron chi connectivity index (χ3n) is 5.22. The highest BCUT2D eigenvalue weighted by Gasteiger charge is 2.40. The van der Waals surface area contributed by atoms with Crippen LogP contribution < -0.4 is 0 Å². The fourth-order valence-electron chi connectivity index (χ4n) is 4.08. The van der Waals surface area contributed by atoms with E-state index in [-0.39, 0.29) is 30.1 Å². The first-order valence-corrected chi connectivity index (χ1v) is 8.45. The fraction of sp³-hybridized carbons (Fsp3) is 0.875. The standard InChI is InChI=1S/C16H26N2O4/c1-21-16(20)17-8-4-5-12(11-17)15(19)18-9-10-22-14-7-3-2-6-13(14)18/h12-14H,2-11H2,1H3/t12-,13-,14-/m0/s1. The Hall–Kier alpha value is -1.30. The summed E-state index contributed by atoms with van der Waals surface area (Å²) >= 11 is 0. The number of rotatable bonds is 1. The highest BCUT2D eigenvalue weighted by molar-refractivity contribution is 5.80. The van der Waals surface area contributed by atoms with E-state index in [2.05, 4.69) is 0 Å². The lowest BCUT2D eigenvalue weighted by Crippen LogP contribution is -2.57. The number of piperidine rings is 1. The second-order valence-electron chi connectivity index (χ2n) is 6.55. The number of carbonyl (C=O) groups excluding carboxylic acids is 2. The number of fused-ring (bicyclic) bond motifs is 1. The summed E-state index contributed by atoms with van der Waals surface area (Å²) in [5, 5.41) is 0. The van der Waals surface area contributed by atoms with Crippen LogP contribution >= 0.6 is 0 Å². The maximum atomic E-state index is 13.0. The van der Waals surface area contributed by atoms with Gasteiger partial charge >= 0.3 is 6.09 Å². The van der Waals surface area contributed by atoms with Crippen molar-refractivity contribution in [1.82, 2.24) is 9.80 Å². The van der Waals surface area contributed by atoms with Gasteiger partial charge in [0.2, 0.25) is 5.91 Å². The Labute approximate surface area is 131 Å². The molecule has 22 heavy (non-hydrogen) atoms. The lowest BCUT2D eigenvalue weighted by atomic mass is 9.88. The average Bonchev–Trinajstić information content (AvgIpc) is 2.60. The molecule has 3 rings (SSSR count). The molecule has 3 atom stereocenters. The van der Waals surface area contributed by atoms with Crippen molar-refractivity contribution in [3.05, 3.63) is 0 Å². The Kier molecular flexibility index (Phi) is 4.86. The summed E-state index contributed by atoms with van der Waals surface area (Å²) in [5.74, 6) is 0.113. The Morgan fingerprint density at radius 2 is 1.91 bits per heavy atom. The maximum Gasteiger partial charge on any atom is 0.409 e. The molecule has 124 valence electrons. The summed E-state index contributed by atoms with van der Waals surface area (Å²) in [4.78, 5) is 28.4. The Morgan fingerprint density at radius 3 is 2.73 bits per heavy atom. The number of ether oxygens (including phenoxy) is 2. The largest absolute Gasteiger partial charge is 0.453 e. The SMILES string of the molecule is COC(=O)N1CCC[C@H](C(=O)N2CCO[C@H]3CCCC[C@@H]32)C1. The third kappa shape index (κ3) is 3.07. The predicted octanol–water partition coefficient (Wildman–Crippen LogP) is 1.63. The molecule has 3 aliphatic rings. The summed E-state index contributed by atoms with van der Waals surface area (Å²) in [6, 6.07) is 0.239. The van der Waals surface area contributed by atoms with Gasteiger partial charge in [0, 0.05) is 19.6 Å². The van der Waals surface area contributed by atoms with Crippen molar-refractivity contribution in [2.75, 3.05) is 33.4 Å². The zero-order chi connectivity index (χ0) is 15.5. The number of morpholine rings is 1. The van der Waals surface area contributed by atoms with Crippen molar-refractivity contribution < 1.29 is 19.1 Å². The van der Waals surface area contributed by atoms with Gasteiger partial charge < -0.3 is 19.3 Å². The minimum Gasteiger partial charge on any atom is -0.453 e. The van der Waals surface area contributed by atoms with Gasteiger partial charge in [-0.2, -0.15) is 0 Å². The van der Waals surface area contributed by atoms with Crippen LogP contribution in [-0.2, 0) is 14.3 Å². The zero-order valence-electron chi connectivity index (χ0n) is 13.3. The van der Waals surface area contributed by atoms with Crippen molar-refractivity contribution in [3.8, 4) is 0 Å². The lowest BCUT2D eigenvalue weighted by molar-refractivity contribution is -0.155. The van der Waals surface area contributed by atoms with Crippen LogP contribution in [0.15, 0.2) is 0 Å². The molecule has 0 aromatic rings. The molecule has 6 nitrogen and oxygen atoms in total. The van der Waals surface area contributed by atoms with Crippen molar-refractivity contribution in [2.24, 2.45) is 5.92 Å². The number of hydrogen-bond donors (Lipinski definition) is 0. The molecule has 0 N–H and O–H groups in total. The molecule has 1 aliphatic carbocycles. The van der Waals surface area contributed by atoms with Gasteiger partial charge in [-0.3, -0.25) is 4.79 Å². The van der Waals surface area contributed by atoms with Crippen LogP contribution in [0.1, 0.15) is 38.5 Å². The summed E-state index contributed by atoms with van der Waals surface area (Å²) in [6.45, 7) is 2.50. The number of likely N-dealkylation sites (tertiary alicyclic amines) is 1. The molecule has 2 aliphatic heterocycles. The molecule has 2 heterocycles. The van der Waals surface area contributed by atoms with Crippen LogP contribution in [0.2, 0.25) is 0 Å². The molecule has 1 saturated carbocycles. The molecular formula is C16H26N2O4. The summed E-state index contributed by atoms with van der Waals surface area (Å²) in [6.07, 6.45) is 6.10. The van der Waals surface area contributed by atoms with Gasteiger partial charge in [0.15, 0.2) is 0 Å². The van der Waals surface area contributed by atoms with E-state index in [9.17, 15) is 9.59 Å². The first-order chi connectivity index (χ1) is 10.7. The highest BCUT2D eigenvalue weighted by Crippen LogP contribution is 2.30. The average molecular weight is 310 g/mol. The molecular weight excluding hydrogens is 284 g/mol. The lowest BCUT2D eigenvalue weighted by Gasteiger charge is -2.45. The molecule has 0 bridgehead atoms. The highest BCUT2D eigenvalue weighted by atomic mass is 16.5. The summed E-state index contributed by atoms with van der Waals surface area (Å²) < 4.78 is 10.6. The number of hydrogen-bond acceptors (Lipinski definition) is 4. The van der Waals surface area contributed by atoms with E-state index in [4.69, 9.17) is 9.47 Å². The zero-order valence-corrected chi connectivity index (χ0v) is 13.3. The van der Waals surface area contributed by atoms with E-state index >= 15 is 0 Å². The topological polar surface area (TPSA) is 59.1 Å². The van der Waals surface area contributed by atoms with E-state index in [0.717, 1.165) is 25.7 Å². The van der Waals surface area contributed by atoms with Gasteiger partial charge in [-0.05, 0) is 25.7 Å². The normalized spacial score (nSPS) is 32.3. The molecule has 0 radical (unpaired) electrons. The third-order valence-corrected chi connectivity index (χ3v) is 5.22. The number of amides is 2. The summed E-state index contributed by atoms with van der Waals surface area (Å²) in [7, 11) is 1.39. The van der Waals surface area contributed by atoms with Crippen LogP contribution in [0.4, 0.5) is 4.79 Å². The maximum absolute atomic E-state index is 13.0. The van der Waals surface area contributed by atoms with E-state index in [0.29, 0.717) is 26.2 Å². The fourth-order valence-corrected chi connectivity index (χ4v) is 4.08. The Morgan fingerprint density at radius 1 is 1.09 bits per heavy atom. The molecule has 0 aromatic carbocycles. The van der Waals surface area contributed by atoms with Crippen LogP contribution in [-0.4, -0.2) is 67.3 Å². The van der Waals surface area contributed by atoms with Gasteiger partial charge in [-0.15, -0.1) is 0 Å².